The molecule has 3 heteroatoms. The van der Waals surface area contributed by atoms with E-state index in [2.05, 4.69) is 6.42 Å². The highest BCUT2D eigenvalue weighted by atomic mass is 16.5. The fourth-order valence-electron chi connectivity index (χ4n) is 1.36. The Hall–Kier alpha value is -0.570. The van der Waals surface area contributed by atoms with Crippen LogP contribution in [0.3, 0.4) is 0 Å². The summed E-state index contributed by atoms with van der Waals surface area (Å²) in [5, 5.41) is 0. The molecule has 0 aromatic carbocycles. The second kappa shape index (κ2) is 3.90. The standard InChI is InChI=1S/C9H16NO2/c1-10(2)9(11)8(12-3)7-5-4-6-7/h4,7-8H,5-6H2,1-3H3. The number of amides is 1. The van der Waals surface area contributed by atoms with Gasteiger partial charge in [-0.15, -0.1) is 0 Å². The van der Waals surface area contributed by atoms with Crippen LogP contribution in [0.15, 0.2) is 0 Å². The first-order valence-corrected chi connectivity index (χ1v) is 4.22. The van der Waals surface area contributed by atoms with Gasteiger partial charge >= 0.3 is 0 Å². The van der Waals surface area contributed by atoms with Crippen molar-refractivity contribution in [1.82, 2.24) is 4.90 Å². The molecule has 1 amide bonds. The summed E-state index contributed by atoms with van der Waals surface area (Å²) in [5.74, 6) is 0.487. The van der Waals surface area contributed by atoms with Gasteiger partial charge in [0.15, 0.2) is 0 Å². The molecule has 12 heavy (non-hydrogen) atoms. The Balaban J connectivity index is 2.48. The van der Waals surface area contributed by atoms with Gasteiger partial charge in [0, 0.05) is 21.2 Å². The summed E-state index contributed by atoms with van der Waals surface area (Å²) >= 11 is 0. The van der Waals surface area contributed by atoms with Crippen LogP contribution in [0.1, 0.15) is 12.8 Å². The third-order valence-corrected chi connectivity index (χ3v) is 2.31. The van der Waals surface area contributed by atoms with Gasteiger partial charge in [0.2, 0.25) is 0 Å². The van der Waals surface area contributed by atoms with E-state index in [4.69, 9.17) is 4.74 Å². The Bertz CT molecular complexity index is 164. The SMILES string of the molecule is COC(C(=O)N(C)C)C1C[CH]C1. The molecule has 1 radical (unpaired) electrons. The van der Waals surface area contributed by atoms with Crippen LogP contribution in [0.5, 0.6) is 0 Å². The first-order valence-electron chi connectivity index (χ1n) is 4.22. The second-order valence-corrected chi connectivity index (χ2v) is 3.41. The van der Waals surface area contributed by atoms with E-state index in [1.165, 1.54) is 0 Å². The zero-order chi connectivity index (χ0) is 9.14. The maximum atomic E-state index is 11.5. The molecular weight excluding hydrogens is 154 g/mol. The molecule has 0 saturated heterocycles. The van der Waals surface area contributed by atoms with E-state index >= 15 is 0 Å². The van der Waals surface area contributed by atoms with E-state index in [0.29, 0.717) is 5.92 Å². The van der Waals surface area contributed by atoms with Crippen LogP contribution in [0.25, 0.3) is 0 Å². The Labute approximate surface area is 73.7 Å². The number of ether oxygens (including phenoxy) is 1. The summed E-state index contributed by atoms with van der Waals surface area (Å²) in [6.45, 7) is 0. The summed E-state index contributed by atoms with van der Waals surface area (Å²) in [4.78, 5) is 13.1. The minimum Gasteiger partial charge on any atom is -0.371 e. The molecule has 0 bridgehead atoms. The fourth-order valence-corrected chi connectivity index (χ4v) is 1.36. The van der Waals surface area contributed by atoms with Gasteiger partial charge in [-0.3, -0.25) is 4.79 Å². The maximum Gasteiger partial charge on any atom is 0.251 e. The Kier molecular flexibility index (Phi) is 3.09. The minimum atomic E-state index is -0.231. The van der Waals surface area contributed by atoms with Crippen molar-refractivity contribution in [2.45, 2.75) is 18.9 Å². The average Bonchev–Trinajstić information content (AvgIpc) is 1.94. The van der Waals surface area contributed by atoms with Crippen LogP contribution < -0.4 is 0 Å². The summed E-state index contributed by atoms with van der Waals surface area (Å²) < 4.78 is 5.17. The van der Waals surface area contributed by atoms with Gasteiger partial charge in [-0.2, -0.15) is 0 Å². The molecule has 69 valence electrons. The van der Waals surface area contributed by atoms with Crippen molar-refractivity contribution >= 4 is 5.91 Å². The molecule has 1 unspecified atom stereocenters. The number of carbonyl (C=O) groups is 1. The van der Waals surface area contributed by atoms with Gasteiger partial charge < -0.3 is 9.64 Å². The van der Waals surface area contributed by atoms with E-state index in [1.54, 1.807) is 26.1 Å². The lowest BCUT2D eigenvalue weighted by molar-refractivity contribution is -0.143. The predicted octanol–water partition coefficient (Wildman–Crippen LogP) is 0.704. The molecule has 1 aliphatic carbocycles. The van der Waals surface area contributed by atoms with Gasteiger partial charge in [0.05, 0.1) is 0 Å². The summed E-state index contributed by atoms with van der Waals surface area (Å²) in [6, 6.07) is 0. The topological polar surface area (TPSA) is 29.5 Å². The highest BCUT2D eigenvalue weighted by molar-refractivity contribution is 5.80. The molecule has 0 spiro atoms. The largest absolute Gasteiger partial charge is 0.371 e. The van der Waals surface area contributed by atoms with E-state index in [0.717, 1.165) is 12.8 Å². The molecule has 1 saturated carbocycles. The Morgan fingerprint density at radius 3 is 2.42 bits per heavy atom. The van der Waals surface area contributed by atoms with Gasteiger partial charge in [0.25, 0.3) is 5.91 Å². The summed E-state index contributed by atoms with van der Waals surface area (Å²) in [7, 11) is 5.12. The first-order chi connectivity index (χ1) is 5.66. The maximum absolute atomic E-state index is 11.5. The van der Waals surface area contributed by atoms with Gasteiger partial charge in [-0.25, -0.2) is 0 Å². The number of methoxy groups -OCH3 is 1. The van der Waals surface area contributed by atoms with Crippen molar-refractivity contribution in [1.29, 1.82) is 0 Å². The molecule has 0 aromatic rings. The van der Waals surface area contributed by atoms with E-state index in [1.807, 2.05) is 0 Å². The number of hydrogen-bond donors (Lipinski definition) is 0. The smallest absolute Gasteiger partial charge is 0.251 e. The van der Waals surface area contributed by atoms with Crippen LogP contribution in [0, 0.1) is 12.3 Å². The fraction of sp³-hybridized carbons (Fsp3) is 0.778. The Morgan fingerprint density at radius 2 is 2.17 bits per heavy atom. The molecular formula is C9H16NO2. The van der Waals surface area contributed by atoms with Gasteiger partial charge in [0.1, 0.15) is 6.10 Å². The Morgan fingerprint density at radius 1 is 1.58 bits per heavy atom. The van der Waals surface area contributed by atoms with Crippen molar-refractivity contribution in [2.75, 3.05) is 21.2 Å². The van der Waals surface area contributed by atoms with Crippen molar-refractivity contribution in [3.8, 4) is 0 Å². The average molecular weight is 170 g/mol. The molecule has 1 atom stereocenters. The zero-order valence-electron chi connectivity index (χ0n) is 7.91. The van der Waals surface area contributed by atoms with Crippen LogP contribution in [-0.4, -0.2) is 38.1 Å². The second-order valence-electron chi connectivity index (χ2n) is 3.41. The quantitative estimate of drug-likeness (QED) is 0.624. The number of nitrogens with zero attached hydrogens (tertiary/aromatic N) is 1. The van der Waals surface area contributed by atoms with E-state index in [9.17, 15) is 4.79 Å². The first kappa shape index (κ1) is 9.52. The van der Waals surface area contributed by atoms with Gasteiger partial charge in [-0.05, 0) is 25.2 Å². The molecule has 1 fully saturated rings. The van der Waals surface area contributed by atoms with Crippen molar-refractivity contribution in [2.24, 2.45) is 5.92 Å². The van der Waals surface area contributed by atoms with Crippen molar-refractivity contribution in [3.63, 3.8) is 0 Å². The highest BCUT2D eigenvalue weighted by Crippen LogP contribution is 2.30. The van der Waals surface area contributed by atoms with Gasteiger partial charge in [-0.1, -0.05) is 0 Å². The third-order valence-electron chi connectivity index (χ3n) is 2.31. The predicted molar refractivity (Wildman–Crippen MR) is 46.5 cm³/mol. The van der Waals surface area contributed by atoms with Crippen LogP contribution in [0.2, 0.25) is 0 Å². The summed E-state index contributed by atoms with van der Waals surface area (Å²) in [5.41, 5.74) is 0. The molecule has 1 aliphatic rings. The monoisotopic (exact) mass is 170 g/mol. The number of hydrogen-bond acceptors (Lipinski definition) is 2. The highest BCUT2D eigenvalue weighted by Gasteiger charge is 2.33. The van der Waals surface area contributed by atoms with Crippen molar-refractivity contribution < 1.29 is 9.53 Å². The van der Waals surface area contributed by atoms with Crippen molar-refractivity contribution in [3.05, 3.63) is 6.42 Å². The van der Waals surface area contributed by atoms with Crippen LogP contribution >= 0.6 is 0 Å². The minimum absolute atomic E-state index is 0.0793. The normalized spacial score (nSPS) is 19.9. The van der Waals surface area contributed by atoms with E-state index in [-0.39, 0.29) is 12.0 Å². The lowest BCUT2D eigenvalue weighted by Gasteiger charge is -2.32. The number of carbonyl (C=O) groups excluding carboxylic acids is 1. The lowest BCUT2D eigenvalue weighted by atomic mass is 9.80. The van der Waals surface area contributed by atoms with Crippen LogP contribution in [0.4, 0.5) is 0 Å². The molecule has 3 nitrogen and oxygen atoms in total. The van der Waals surface area contributed by atoms with E-state index < -0.39 is 0 Å². The number of likely N-dealkylation sites (N-methyl/N-ethyl adjacent to an activating group) is 1. The molecule has 0 aromatic heterocycles. The zero-order valence-corrected chi connectivity index (χ0v) is 7.91. The number of rotatable bonds is 3. The third kappa shape index (κ3) is 1.78. The molecule has 0 N–H and O–H groups in total. The molecule has 0 heterocycles. The molecule has 1 rings (SSSR count). The summed E-state index contributed by atoms with van der Waals surface area (Å²) in [6.07, 6.45) is 3.97. The molecule has 0 aliphatic heterocycles. The van der Waals surface area contributed by atoms with Crippen LogP contribution in [-0.2, 0) is 9.53 Å². The lowest BCUT2D eigenvalue weighted by Crippen LogP contribution is -2.42.